The van der Waals surface area contributed by atoms with Crippen LogP contribution in [0.25, 0.3) is 0 Å². The van der Waals surface area contributed by atoms with Gasteiger partial charge in [-0.25, -0.2) is 4.98 Å². The van der Waals surface area contributed by atoms with E-state index in [1.54, 1.807) is 24.7 Å². The zero-order valence-electron chi connectivity index (χ0n) is 12.4. The predicted molar refractivity (Wildman–Crippen MR) is 88.2 cm³/mol. The SMILES string of the molecule is O=[N+]([O-])c1cc(Cn2ccnc2)ccc1NCc1ccccc1. The van der Waals surface area contributed by atoms with Crippen LogP contribution in [0.15, 0.2) is 67.3 Å². The van der Waals surface area contributed by atoms with E-state index in [-0.39, 0.29) is 10.6 Å². The van der Waals surface area contributed by atoms with Crippen LogP contribution in [0.5, 0.6) is 0 Å². The zero-order chi connectivity index (χ0) is 16.1. The van der Waals surface area contributed by atoms with Crippen molar-refractivity contribution < 1.29 is 4.92 Å². The molecule has 0 atom stereocenters. The number of aromatic nitrogens is 2. The predicted octanol–water partition coefficient (Wildman–Crippen LogP) is 3.45. The van der Waals surface area contributed by atoms with Crippen molar-refractivity contribution in [3.63, 3.8) is 0 Å². The normalized spacial score (nSPS) is 10.4. The number of nitro groups is 1. The van der Waals surface area contributed by atoms with E-state index in [1.165, 1.54) is 0 Å². The molecule has 0 saturated heterocycles. The molecule has 1 N–H and O–H groups in total. The highest BCUT2D eigenvalue weighted by Gasteiger charge is 2.14. The molecule has 0 fully saturated rings. The van der Waals surface area contributed by atoms with Gasteiger partial charge >= 0.3 is 0 Å². The summed E-state index contributed by atoms with van der Waals surface area (Å²) >= 11 is 0. The summed E-state index contributed by atoms with van der Waals surface area (Å²) < 4.78 is 1.87. The maximum atomic E-state index is 11.3. The van der Waals surface area contributed by atoms with Crippen molar-refractivity contribution in [3.8, 4) is 0 Å². The molecule has 0 aliphatic rings. The van der Waals surface area contributed by atoms with Crippen LogP contribution in [0.1, 0.15) is 11.1 Å². The van der Waals surface area contributed by atoms with Crippen LogP contribution in [0.4, 0.5) is 11.4 Å². The zero-order valence-corrected chi connectivity index (χ0v) is 12.4. The molecule has 116 valence electrons. The third-order valence-corrected chi connectivity index (χ3v) is 3.51. The first kappa shape index (κ1) is 14.8. The van der Waals surface area contributed by atoms with E-state index in [0.717, 1.165) is 11.1 Å². The van der Waals surface area contributed by atoms with Crippen LogP contribution < -0.4 is 5.32 Å². The van der Waals surface area contributed by atoms with Crippen molar-refractivity contribution in [1.82, 2.24) is 9.55 Å². The lowest BCUT2D eigenvalue weighted by Crippen LogP contribution is -2.04. The first-order valence-corrected chi connectivity index (χ1v) is 7.23. The molecule has 3 rings (SSSR count). The molecular weight excluding hydrogens is 292 g/mol. The van der Waals surface area contributed by atoms with Crippen LogP contribution in [0.2, 0.25) is 0 Å². The summed E-state index contributed by atoms with van der Waals surface area (Å²) in [5.74, 6) is 0. The molecule has 6 heteroatoms. The lowest BCUT2D eigenvalue weighted by Gasteiger charge is -2.09. The molecule has 0 bridgehead atoms. The Balaban J connectivity index is 1.78. The molecule has 2 aromatic carbocycles. The highest BCUT2D eigenvalue weighted by Crippen LogP contribution is 2.26. The van der Waals surface area contributed by atoms with Gasteiger partial charge in [-0.05, 0) is 17.2 Å². The second kappa shape index (κ2) is 6.74. The molecule has 23 heavy (non-hydrogen) atoms. The molecule has 6 nitrogen and oxygen atoms in total. The highest BCUT2D eigenvalue weighted by molar-refractivity contribution is 5.62. The summed E-state index contributed by atoms with van der Waals surface area (Å²) in [6, 6.07) is 15.0. The summed E-state index contributed by atoms with van der Waals surface area (Å²) in [4.78, 5) is 15.0. The van der Waals surface area contributed by atoms with Gasteiger partial charge in [-0.15, -0.1) is 0 Å². The van der Waals surface area contributed by atoms with Gasteiger partial charge in [0.1, 0.15) is 5.69 Å². The Kier molecular flexibility index (Phi) is 4.33. The van der Waals surface area contributed by atoms with Gasteiger partial charge in [0.25, 0.3) is 5.69 Å². The molecule has 0 unspecified atom stereocenters. The van der Waals surface area contributed by atoms with E-state index in [1.807, 2.05) is 47.2 Å². The van der Waals surface area contributed by atoms with E-state index in [0.29, 0.717) is 18.8 Å². The fourth-order valence-corrected chi connectivity index (χ4v) is 2.36. The molecular formula is C17H16N4O2. The van der Waals surface area contributed by atoms with Gasteiger partial charge in [0.2, 0.25) is 0 Å². The molecule has 1 heterocycles. The average molecular weight is 308 g/mol. The number of anilines is 1. The standard InChI is InChI=1S/C17H16N4O2/c22-21(23)17-10-15(12-20-9-8-18-13-20)6-7-16(17)19-11-14-4-2-1-3-5-14/h1-10,13,19H,11-12H2. The molecule has 0 radical (unpaired) electrons. The van der Waals surface area contributed by atoms with Crippen molar-refractivity contribution in [3.05, 3.63) is 88.5 Å². The molecule has 0 amide bonds. The maximum absolute atomic E-state index is 11.3. The molecule has 0 saturated carbocycles. The van der Waals surface area contributed by atoms with Gasteiger partial charge in [0.05, 0.1) is 11.3 Å². The Bertz CT molecular complexity index is 786. The first-order chi connectivity index (χ1) is 11.2. The Hall–Kier alpha value is -3.15. The van der Waals surface area contributed by atoms with E-state index in [2.05, 4.69) is 10.3 Å². The number of rotatable bonds is 6. The van der Waals surface area contributed by atoms with Crippen molar-refractivity contribution >= 4 is 11.4 Å². The van der Waals surface area contributed by atoms with Gasteiger partial charge in [-0.2, -0.15) is 0 Å². The lowest BCUT2D eigenvalue weighted by atomic mass is 10.1. The third-order valence-electron chi connectivity index (χ3n) is 3.51. The number of hydrogen-bond acceptors (Lipinski definition) is 4. The molecule has 3 aromatic rings. The van der Waals surface area contributed by atoms with Gasteiger partial charge < -0.3 is 9.88 Å². The molecule has 1 aromatic heterocycles. The van der Waals surface area contributed by atoms with Crippen molar-refractivity contribution in [1.29, 1.82) is 0 Å². The monoisotopic (exact) mass is 308 g/mol. The van der Waals surface area contributed by atoms with E-state index >= 15 is 0 Å². The number of hydrogen-bond donors (Lipinski definition) is 1. The van der Waals surface area contributed by atoms with Crippen LogP contribution in [0.3, 0.4) is 0 Å². The van der Waals surface area contributed by atoms with Crippen LogP contribution in [-0.4, -0.2) is 14.5 Å². The van der Waals surface area contributed by atoms with Crippen molar-refractivity contribution in [2.24, 2.45) is 0 Å². The minimum absolute atomic E-state index is 0.0820. The second-order valence-electron chi connectivity index (χ2n) is 5.18. The number of nitrogens with zero attached hydrogens (tertiary/aromatic N) is 3. The fraction of sp³-hybridized carbons (Fsp3) is 0.118. The van der Waals surface area contributed by atoms with E-state index in [9.17, 15) is 10.1 Å². The van der Waals surface area contributed by atoms with E-state index in [4.69, 9.17) is 0 Å². The molecule has 0 spiro atoms. The summed E-state index contributed by atoms with van der Waals surface area (Å²) in [5, 5.41) is 14.5. The summed E-state index contributed by atoms with van der Waals surface area (Å²) in [5.41, 5.74) is 2.54. The third kappa shape index (κ3) is 3.74. The second-order valence-corrected chi connectivity index (χ2v) is 5.18. The van der Waals surface area contributed by atoms with Gasteiger partial charge in [0.15, 0.2) is 0 Å². The van der Waals surface area contributed by atoms with Gasteiger partial charge in [0, 0.05) is 31.5 Å². The maximum Gasteiger partial charge on any atom is 0.292 e. The topological polar surface area (TPSA) is 73.0 Å². The fourth-order valence-electron chi connectivity index (χ4n) is 2.36. The van der Waals surface area contributed by atoms with Crippen molar-refractivity contribution in [2.75, 3.05) is 5.32 Å². The van der Waals surface area contributed by atoms with Crippen LogP contribution in [0, 0.1) is 10.1 Å². The Morgan fingerprint density at radius 1 is 1.13 bits per heavy atom. The first-order valence-electron chi connectivity index (χ1n) is 7.23. The van der Waals surface area contributed by atoms with Crippen molar-refractivity contribution in [2.45, 2.75) is 13.1 Å². The number of imidazole rings is 1. The average Bonchev–Trinajstić information content (AvgIpc) is 3.07. The Morgan fingerprint density at radius 3 is 2.65 bits per heavy atom. The summed E-state index contributed by atoms with van der Waals surface area (Å²) in [6.45, 7) is 1.10. The molecule has 0 aliphatic carbocycles. The van der Waals surface area contributed by atoms with Gasteiger partial charge in [-0.1, -0.05) is 36.4 Å². The van der Waals surface area contributed by atoms with E-state index < -0.39 is 0 Å². The Morgan fingerprint density at radius 2 is 1.96 bits per heavy atom. The summed E-state index contributed by atoms with van der Waals surface area (Å²) in [7, 11) is 0. The van der Waals surface area contributed by atoms with Crippen LogP contribution >= 0.6 is 0 Å². The highest BCUT2D eigenvalue weighted by atomic mass is 16.6. The lowest BCUT2D eigenvalue weighted by molar-refractivity contribution is -0.384. The number of benzene rings is 2. The Labute approximate surface area is 133 Å². The minimum atomic E-state index is -0.356. The minimum Gasteiger partial charge on any atom is -0.375 e. The molecule has 0 aliphatic heterocycles. The number of nitrogens with one attached hydrogen (secondary N) is 1. The largest absolute Gasteiger partial charge is 0.375 e. The van der Waals surface area contributed by atoms with Crippen LogP contribution in [-0.2, 0) is 13.1 Å². The summed E-state index contributed by atoms with van der Waals surface area (Å²) in [6.07, 6.45) is 5.20. The number of nitro benzene ring substituents is 1. The quantitative estimate of drug-likeness (QED) is 0.559. The smallest absolute Gasteiger partial charge is 0.292 e. The van der Waals surface area contributed by atoms with Gasteiger partial charge in [-0.3, -0.25) is 10.1 Å².